The fourth-order valence-corrected chi connectivity index (χ4v) is 1.35. The molecule has 0 saturated heterocycles. The summed E-state index contributed by atoms with van der Waals surface area (Å²) in [6.07, 6.45) is 3.26. The van der Waals surface area contributed by atoms with E-state index in [0.717, 1.165) is 11.4 Å². The zero-order valence-electron chi connectivity index (χ0n) is 8.94. The van der Waals surface area contributed by atoms with E-state index < -0.39 is 0 Å². The van der Waals surface area contributed by atoms with Crippen molar-refractivity contribution in [2.45, 2.75) is 13.8 Å². The van der Waals surface area contributed by atoms with E-state index in [2.05, 4.69) is 15.0 Å². The van der Waals surface area contributed by atoms with Gasteiger partial charge in [-0.05, 0) is 26.0 Å². The van der Waals surface area contributed by atoms with Crippen molar-refractivity contribution in [3.05, 3.63) is 41.1 Å². The minimum Gasteiger partial charge on any atom is -0.435 e. The highest BCUT2D eigenvalue weighted by atomic mass is 35.5. The zero-order chi connectivity index (χ0) is 11.5. The summed E-state index contributed by atoms with van der Waals surface area (Å²) in [5, 5.41) is 0.256. The Balaban J connectivity index is 2.32. The second-order valence-corrected chi connectivity index (χ2v) is 3.64. The van der Waals surface area contributed by atoms with Gasteiger partial charge in [-0.25, -0.2) is 9.97 Å². The molecule has 0 bridgehead atoms. The van der Waals surface area contributed by atoms with Gasteiger partial charge in [0.05, 0.1) is 17.6 Å². The van der Waals surface area contributed by atoms with E-state index in [1.807, 2.05) is 13.8 Å². The number of ether oxygens (including phenoxy) is 1. The molecule has 0 atom stereocenters. The Kier molecular flexibility index (Phi) is 3.01. The van der Waals surface area contributed by atoms with Crippen LogP contribution in [0.25, 0.3) is 0 Å². The summed E-state index contributed by atoms with van der Waals surface area (Å²) in [5.41, 5.74) is 1.59. The van der Waals surface area contributed by atoms with Gasteiger partial charge in [0.25, 0.3) is 5.88 Å². The number of halogens is 1. The first-order valence-electron chi connectivity index (χ1n) is 4.75. The van der Waals surface area contributed by atoms with Gasteiger partial charge in [-0.1, -0.05) is 11.6 Å². The normalized spacial score (nSPS) is 10.2. The van der Waals surface area contributed by atoms with E-state index in [0.29, 0.717) is 11.6 Å². The Labute approximate surface area is 98.3 Å². The third-order valence-electron chi connectivity index (χ3n) is 2.08. The molecule has 16 heavy (non-hydrogen) atoms. The van der Waals surface area contributed by atoms with Crippen LogP contribution < -0.4 is 4.74 Å². The molecule has 0 spiro atoms. The molecule has 0 aliphatic carbocycles. The van der Waals surface area contributed by atoms with E-state index in [9.17, 15) is 0 Å². The smallest absolute Gasteiger partial charge is 0.257 e. The number of aromatic nitrogens is 3. The fourth-order valence-electron chi connectivity index (χ4n) is 1.14. The van der Waals surface area contributed by atoms with Crippen molar-refractivity contribution in [1.29, 1.82) is 0 Å². The molecule has 0 saturated carbocycles. The lowest BCUT2D eigenvalue weighted by Gasteiger charge is -2.07. The van der Waals surface area contributed by atoms with Gasteiger partial charge in [-0.3, -0.25) is 4.98 Å². The van der Waals surface area contributed by atoms with Gasteiger partial charge in [0.15, 0.2) is 5.15 Å². The van der Waals surface area contributed by atoms with Crippen LogP contribution >= 0.6 is 11.6 Å². The van der Waals surface area contributed by atoms with E-state index in [1.165, 1.54) is 0 Å². The number of rotatable bonds is 2. The first-order chi connectivity index (χ1) is 7.66. The number of pyridine rings is 1. The molecule has 2 aromatic rings. The number of aryl methyl sites for hydroxylation is 2. The van der Waals surface area contributed by atoms with Gasteiger partial charge in [0, 0.05) is 6.20 Å². The summed E-state index contributed by atoms with van der Waals surface area (Å²) in [6, 6.07) is 3.55. The number of nitrogens with zero attached hydrogens (tertiary/aromatic N) is 3. The molecular formula is C11H10ClN3O. The predicted molar refractivity (Wildman–Crippen MR) is 60.8 cm³/mol. The summed E-state index contributed by atoms with van der Waals surface area (Å²) < 4.78 is 5.48. The summed E-state index contributed by atoms with van der Waals surface area (Å²) in [6.45, 7) is 3.71. The van der Waals surface area contributed by atoms with Crippen LogP contribution in [0.2, 0.25) is 5.15 Å². The Morgan fingerprint density at radius 1 is 1.19 bits per heavy atom. The summed E-state index contributed by atoms with van der Waals surface area (Å²) in [5.74, 6) is 0.889. The monoisotopic (exact) mass is 235 g/mol. The highest BCUT2D eigenvalue weighted by Crippen LogP contribution is 2.25. The van der Waals surface area contributed by atoms with E-state index in [1.54, 1.807) is 24.5 Å². The molecule has 0 aromatic carbocycles. The molecule has 0 amide bonds. The van der Waals surface area contributed by atoms with Crippen molar-refractivity contribution >= 4 is 11.6 Å². The molecule has 0 aliphatic rings. The van der Waals surface area contributed by atoms with Gasteiger partial charge in [0.1, 0.15) is 5.75 Å². The molecule has 0 fully saturated rings. The van der Waals surface area contributed by atoms with Gasteiger partial charge >= 0.3 is 0 Å². The third kappa shape index (κ3) is 2.28. The van der Waals surface area contributed by atoms with Gasteiger partial charge in [-0.2, -0.15) is 0 Å². The SMILES string of the molecule is Cc1nc(Cl)c(Oc2cccnc2)nc1C. The van der Waals surface area contributed by atoms with E-state index in [-0.39, 0.29) is 5.15 Å². The Morgan fingerprint density at radius 2 is 1.94 bits per heavy atom. The van der Waals surface area contributed by atoms with Crippen molar-refractivity contribution in [1.82, 2.24) is 15.0 Å². The second kappa shape index (κ2) is 4.45. The molecule has 82 valence electrons. The molecule has 4 nitrogen and oxygen atoms in total. The Hall–Kier alpha value is -1.68. The van der Waals surface area contributed by atoms with Crippen LogP contribution in [0.3, 0.4) is 0 Å². The maximum absolute atomic E-state index is 5.93. The molecule has 0 radical (unpaired) electrons. The molecule has 0 aliphatic heterocycles. The van der Waals surface area contributed by atoms with E-state index in [4.69, 9.17) is 16.3 Å². The highest BCUT2D eigenvalue weighted by molar-refractivity contribution is 6.30. The largest absolute Gasteiger partial charge is 0.435 e. The Morgan fingerprint density at radius 3 is 2.62 bits per heavy atom. The van der Waals surface area contributed by atoms with Gasteiger partial charge in [0.2, 0.25) is 0 Å². The predicted octanol–water partition coefficient (Wildman–Crippen LogP) is 2.93. The number of hydrogen-bond acceptors (Lipinski definition) is 4. The van der Waals surface area contributed by atoms with Crippen LogP contribution in [-0.4, -0.2) is 15.0 Å². The molecule has 0 unspecified atom stereocenters. The fraction of sp³-hybridized carbons (Fsp3) is 0.182. The molecule has 0 N–H and O–H groups in total. The Bertz CT molecular complexity index is 502. The van der Waals surface area contributed by atoms with Crippen molar-refractivity contribution in [3.63, 3.8) is 0 Å². The molecule has 2 aromatic heterocycles. The molecule has 5 heteroatoms. The van der Waals surface area contributed by atoms with Crippen LogP contribution in [0.4, 0.5) is 0 Å². The van der Waals surface area contributed by atoms with E-state index >= 15 is 0 Å². The highest BCUT2D eigenvalue weighted by Gasteiger charge is 2.09. The van der Waals surface area contributed by atoms with Crippen LogP contribution in [0, 0.1) is 13.8 Å². The van der Waals surface area contributed by atoms with Crippen LogP contribution in [0.5, 0.6) is 11.6 Å². The standard InChI is InChI=1S/C11H10ClN3O/c1-7-8(2)15-11(10(12)14-7)16-9-4-3-5-13-6-9/h3-6H,1-2H3. The van der Waals surface area contributed by atoms with Crippen LogP contribution in [-0.2, 0) is 0 Å². The summed E-state index contributed by atoms with van der Waals surface area (Å²) in [7, 11) is 0. The zero-order valence-corrected chi connectivity index (χ0v) is 9.69. The average Bonchev–Trinajstić information content (AvgIpc) is 2.27. The lowest BCUT2D eigenvalue weighted by atomic mass is 10.3. The third-order valence-corrected chi connectivity index (χ3v) is 2.33. The molecular weight excluding hydrogens is 226 g/mol. The first kappa shape index (κ1) is 10.8. The van der Waals surface area contributed by atoms with Crippen molar-refractivity contribution in [2.75, 3.05) is 0 Å². The first-order valence-corrected chi connectivity index (χ1v) is 5.13. The minimum absolute atomic E-state index is 0.256. The van der Waals surface area contributed by atoms with Crippen molar-refractivity contribution in [3.8, 4) is 11.6 Å². The quantitative estimate of drug-likeness (QED) is 0.803. The van der Waals surface area contributed by atoms with Gasteiger partial charge < -0.3 is 4.74 Å². The van der Waals surface area contributed by atoms with Crippen molar-refractivity contribution < 1.29 is 4.74 Å². The molecule has 2 heterocycles. The lowest BCUT2D eigenvalue weighted by Crippen LogP contribution is -1.97. The number of hydrogen-bond donors (Lipinski definition) is 0. The minimum atomic E-state index is 0.256. The van der Waals surface area contributed by atoms with Gasteiger partial charge in [-0.15, -0.1) is 0 Å². The van der Waals surface area contributed by atoms with Crippen molar-refractivity contribution in [2.24, 2.45) is 0 Å². The molecule has 2 rings (SSSR count). The average molecular weight is 236 g/mol. The summed E-state index contributed by atoms with van der Waals surface area (Å²) >= 11 is 5.93. The topological polar surface area (TPSA) is 47.9 Å². The summed E-state index contributed by atoms with van der Waals surface area (Å²) in [4.78, 5) is 12.3. The lowest BCUT2D eigenvalue weighted by molar-refractivity contribution is 0.456. The van der Waals surface area contributed by atoms with Crippen LogP contribution in [0.1, 0.15) is 11.4 Å². The second-order valence-electron chi connectivity index (χ2n) is 3.28. The maximum Gasteiger partial charge on any atom is 0.257 e. The maximum atomic E-state index is 5.93. The van der Waals surface area contributed by atoms with Crippen LogP contribution in [0.15, 0.2) is 24.5 Å².